The first-order valence-electron chi connectivity index (χ1n) is 7.65. The summed E-state index contributed by atoms with van der Waals surface area (Å²) in [6.45, 7) is 12.9. The van der Waals surface area contributed by atoms with E-state index in [0.29, 0.717) is 6.42 Å². The number of hydrogen-bond donors (Lipinski definition) is 0. The van der Waals surface area contributed by atoms with Gasteiger partial charge in [0.05, 0.1) is 0 Å². The zero-order valence-corrected chi connectivity index (χ0v) is 13.6. The van der Waals surface area contributed by atoms with E-state index in [-0.39, 0.29) is 5.91 Å². The maximum absolute atomic E-state index is 11.7. The molecule has 0 bridgehead atoms. The van der Waals surface area contributed by atoms with Gasteiger partial charge in [-0.3, -0.25) is 4.79 Å². The van der Waals surface area contributed by atoms with E-state index in [1.165, 1.54) is 0 Å². The zero-order chi connectivity index (χ0) is 15.1. The van der Waals surface area contributed by atoms with Gasteiger partial charge in [-0.25, -0.2) is 0 Å². The van der Waals surface area contributed by atoms with E-state index in [1.807, 2.05) is 69.9 Å². The fraction of sp³-hybridized carbons (Fsp3) is 0.588. The van der Waals surface area contributed by atoms with Crippen molar-refractivity contribution in [2.75, 3.05) is 11.4 Å². The smallest absolute Gasteiger partial charge is 0.226 e. The van der Waals surface area contributed by atoms with Crippen molar-refractivity contribution in [3.63, 3.8) is 0 Å². The second-order valence-corrected chi connectivity index (χ2v) is 3.59. The minimum Gasteiger partial charge on any atom is -0.312 e. The van der Waals surface area contributed by atoms with Crippen LogP contribution in [0.4, 0.5) is 5.69 Å². The molecule has 110 valence electrons. The van der Waals surface area contributed by atoms with Gasteiger partial charge in [0.15, 0.2) is 0 Å². The van der Waals surface area contributed by atoms with Crippen molar-refractivity contribution in [1.82, 2.24) is 0 Å². The third-order valence-electron chi connectivity index (χ3n) is 2.41. The molecule has 0 saturated heterocycles. The molecule has 0 heterocycles. The first kappa shape index (κ1) is 20.0. The molecule has 1 rings (SSSR count). The number of amides is 1. The Morgan fingerprint density at radius 1 is 1.00 bits per heavy atom. The fourth-order valence-electron chi connectivity index (χ4n) is 1.51. The molecular formula is C17H31NO. The van der Waals surface area contributed by atoms with E-state index in [9.17, 15) is 4.79 Å². The lowest BCUT2D eigenvalue weighted by Gasteiger charge is -2.22. The van der Waals surface area contributed by atoms with Crippen LogP contribution in [0.1, 0.15) is 60.8 Å². The van der Waals surface area contributed by atoms with E-state index in [0.717, 1.165) is 25.1 Å². The summed E-state index contributed by atoms with van der Waals surface area (Å²) in [5.41, 5.74) is 1.01. The van der Waals surface area contributed by atoms with Crippen LogP contribution in [0.15, 0.2) is 30.3 Å². The van der Waals surface area contributed by atoms with Gasteiger partial charge in [0.1, 0.15) is 0 Å². The highest BCUT2D eigenvalue weighted by atomic mass is 16.2. The van der Waals surface area contributed by atoms with E-state index in [1.54, 1.807) is 0 Å². The number of hydrogen-bond acceptors (Lipinski definition) is 1. The van der Waals surface area contributed by atoms with Crippen LogP contribution in [0.3, 0.4) is 0 Å². The maximum Gasteiger partial charge on any atom is 0.226 e. The molecule has 0 fully saturated rings. The van der Waals surface area contributed by atoms with Crippen LogP contribution in [-0.4, -0.2) is 12.5 Å². The van der Waals surface area contributed by atoms with Crippen molar-refractivity contribution in [2.45, 2.75) is 60.8 Å². The number of rotatable bonds is 5. The predicted molar refractivity (Wildman–Crippen MR) is 86.7 cm³/mol. The lowest BCUT2D eigenvalue weighted by molar-refractivity contribution is -0.118. The summed E-state index contributed by atoms with van der Waals surface area (Å²) in [7, 11) is 0. The molecule has 2 heteroatoms. The van der Waals surface area contributed by atoms with Crippen molar-refractivity contribution >= 4 is 11.6 Å². The van der Waals surface area contributed by atoms with Crippen LogP contribution < -0.4 is 4.90 Å². The normalized spacial score (nSPS) is 8.53. The number of para-hydroxylation sites is 1. The van der Waals surface area contributed by atoms with E-state index in [4.69, 9.17) is 0 Å². The van der Waals surface area contributed by atoms with Gasteiger partial charge >= 0.3 is 0 Å². The minimum atomic E-state index is 0.203. The van der Waals surface area contributed by atoms with Gasteiger partial charge in [0, 0.05) is 18.7 Å². The second kappa shape index (κ2) is 14.7. The summed E-state index contributed by atoms with van der Waals surface area (Å²) in [4.78, 5) is 13.6. The molecule has 0 aromatic heterocycles. The molecule has 0 saturated carbocycles. The summed E-state index contributed by atoms with van der Waals surface area (Å²) < 4.78 is 0. The lowest BCUT2D eigenvalue weighted by atomic mass is 10.2. The Kier molecular flexibility index (Phi) is 15.5. The van der Waals surface area contributed by atoms with Crippen molar-refractivity contribution in [2.24, 2.45) is 0 Å². The highest BCUT2D eigenvalue weighted by Crippen LogP contribution is 2.15. The predicted octanol–water partition coefficient (Wildman–Crippen LogP) is 5.28. The van der Waals surface area contributed by atoms with E-state index in [2.05, 4.69) is 6.92 Å². The van der Waals surface area contributed by atoms with Gasteiger partial charge in [-0.05, 0) is 18.6 Å². The van der Waals surface area contributed by atoms with Crippen LogP contribution in [0.25, 0.3) is 0 Å². The Morgan fingerprint density at radius 2 is 1.53 bits per heavy atom. The Bertz CT molecular complexity index is 295. The SMILES string of the molecule is CC.CC.CCCCN(C(=O)CC)c1ccccc1. The van der Waals surface area contributed by atoms with E-state index < -0.39 is 0 Å². The van der Waals surface area contributed by atoms with Crippen LogP contribution in [-0.2, 0) is 4.79 Å². The second-order valence-electron chi connectivity index (χ2n) is 3.59. The topological polar surface area (TPSA) is 20.3 Å². The Hall–Kier alpha value is -1.31. The fourth-order valence-corrected chi connectivity index (χ4v) is 1.51. The van der Waals surface area contributed by atoms with Gasteiger partial charge < -0.3 is 4.90 Å². The van der Waals surface area contributed by atoms with Gasteiger partial charge in [0.25, 0.3) is 0 Å². The van der Waals surface area contributed by atoms with Crippen LogP contribution in [0.2, 0.25) is 0 Å². The van der Waals surface area contributed by atoms with Crippen LogP contribution in [0.5, 0.6) is 0 Å². The summed E-state index contributed by atoms with van der Waals surface area (Å²) in [5, 5.41) is 0. The van der Waals surface area contributed by atoms with Gasteiger partial charge in [-0.15, -0.1) is 0 Å². The average Bonchev–Trinajstić information content (AvgIpc) is 2.52. The third kappa shape index (κ3) is 8.41. The largest absolute Gasteiger partial charge is 0.312 e. The maximum atomic E-state index is 11.7. The molecule has 0 atom stereocenters. The zero-order valence-electron chi connectivity index (χ0n) is 13.6. The van der Waals surface area contributed by atoms with Crippen molar-refractivity contribution < 1.29 is 4.79 Å². The molecule has 1 aromatic carbocycles. The van der Waals surface area contributed by atoms with Crippen molar-refractivity contribution in [3.8, 4) is 0 Å². The number of unbranched alkanes of at least 4 members (excludes halogenated alkanes) is 1. The summed E-state index contributed by atoms with van der Waals surface area (Å²) in [6.07, 6.45) is 2.74. The lowest BCUT2D eigenvalue weighted by Crippen LogP contribution is -2.31. The van der Waals surface area contributed by atoms with E-state index >= 15 is 0 Å². The Balaban J connectivity index is 0. The molecule has 0 aliphatic heterocycles. The van der Waals surface area contributed by atoms with Gasteiger partial charge in [-0.2, -0.15) is 0 Å². The molecule has 0 aliphatic rings. The Morgan fingerprint density at radius 3 is 1.95 bits per heavy atom. The van der Waals surface area contributed by atoms with Crippen LogP contribution in [0, 0.1) is 0 Å². The number of carbonyl (C=O) groups is 1. The molecule has 0 N–H and O–H groups in total. The molecule has 1 aromatic rings. The van der Waals surface area contributed by atoms with Gasteiger partial charge in [-0.1, -0.05) is 66.2 Å². The number of nitrogens with zero attached hydrogens (tertiary/aromatic N) is 1. The summed E-state index contributed by atoms with van der Waals surface area (Å²) in [6, 6.07) is 9.89. The summed E-state index contributed by atoms with van der Waals surface area (Å²) >= 11 is 0. The van der Waals surface area contributed by atoms with Crippen molar-refractivity contribution in [3.05, 3.63) is 30.3 Å². The Labute approximate surface area is 119 Å². The standard InChI is InChI=1S/C13H19NO.2C2H6/c1-3-5-11-14(13(15)4-2)12-9-7-6-8-10-12;2*1-2/h6-10H,3-5,11H2,1-2H3;2*1-2H3. The number of anilines is 1. The molecule has 0 unspecified atom stereocenters. The molecule has 0 aliphatic carbocycles. The molecule has 2 nitrogen and oxygen atoms in total. The highest BCUT2D eigenvalue weighted by molar-refractivity contribution is 5.93. The first-order valence-corrected chi connectivity index (χ1v) is 7.65. The van der Waals surface area contributed by atoms with Gasteiger partial charge in [0.2, 0.25) is 5.91 Å². The average molecular weight is 265 g/mol. The number of benzene rings is 1. The summed E-state index contributed by atoms with van der Waals surface area (Å²) in [5.74, 6) is 0.203. The molecule has 19 heavy (non-hydrogen) atoms. The monoisotopic (exact) mass is 265 g/mol. The van der Waals surface area contributed by atoms with Crippen LogP contribution >= 0.6 is 0 Å². The highest BCUT2D eigenvalue weighted by Gasteiger charge is 2.12. The van der Waals surface area contributed by atoms with Crippen molar-refractivity contribution in [1.29, 1.82) is 0 Å². The minimum absolute atomic E-state index is 0.203. The molecule has 0 spiro atoms. The molecule has 1 amide bonds. The first-order chi connectivity index (χ1) is 9.29. The molecule has 0 radical (unpaired) electrons. The molecular weight excluding hydrogens is 234 g/mol. The third-order valence-corrected chi connectivity index (χ3v) is 2.41. The number of carbonyl (C=O) groups excluding carboxylic acids is 1. The quantitative estimate of drug-likeness (QED) is 0.709.